The maximum atomic E-state index is 14.7. The van der Waals surface area contributed by atoms with Gasteiger partial charge in [0, 0.05) is 0 Å². The van der Waals surface area contributed by atoms with Gasteiger partial charge in [0.2, 0.25) is 5.82 Å². The second kappa shape index (κ2) is 13.4. The zero-order chi connectivity index (χ0) is 26.9. The molecule has 0 aromatic heterocycles. The van der Waals surface area contributed by atoms with Crippen molar-refractivity contribution in [1.82, 2.24) is 0 Å². The molecule has 1 aliphatic rings. The Labute approximate surface area is 224 Å². The van der Waals surface area contributed by atoms with Crippen LogP contribution in [0.1, 0.15) is 75.8 Å². The highest BCUT2D eigenvalue weighted by atomic mass is 19.2. The van der Waals surface area contributed by atoms with Gasteiger partial charge in [-0.1, -0.05) is 68.3 Å². The van der Waals surface area contributed by atoms with Gasteiger partial charge in [-0.05, 0) is 91.8 Å². The largest absolute Gasteiger partial charge is 0.462 e. The molecule has 0 aliphatic heterocycles. The topological polar surface area (TPSA) is 35.5 Å². The first-order valence-corrected chi connectivity index (χ1v) is 13.7. The Morgan fingerprint density at radius 3 is 2.16 bits per heavy atom. The lowest BCUT2D eigenvalue weighted by Crippen LogP contribution is -2.25. The molecule has 38 heavy (non-hydrogen) atoms. The lowest BCUT2D eigenvalue weighted by atomic mass is 9.78. The molecule has 1 aliphatic carbocycles. The second-order valence-corrected chi connectivity index (χ2v) is 10.0. The molecule has 1 saturated carbocycles. The predicted octanol–water partition coefficient (Wildman–Crippen LogP) is 9.16. The van der Waals surface area contributed by atoms with Crippen molar-refractivity contribution in [1.29, 1.82) is 0 Å². The number of unbranched alkanes of at least 4 members (excludes halogenated alkanes) is 2. The van der Waals surface area contributed by atoms with E-state index < -0.39 is 11.6 Å². The minimum absolute atomic E-state index is 0.132. The molecule has 3 aromatic carbocycles. The standard InChI is InChI=1S/C33H36F2O3/c1-3-5-6-7-23-8-10-24(11-9-23)25-16-18-28(19-17-25)38-33(36)27-14-12-26(13-15-27)29-20-21-30(37-22-4-2)32(35)31(29)34/h4,8-11,16-22,26-27H,3,5-7,12-15H2,1-2H3. The van der Waals surface area contributed by atoms with E-state index >= 15 is 0 Å². The highest BCUT2D eigenvalue weighted by Crippen LogP contribution is 2.39. The maximum absolute atomic E-state index is 14.7. The quantitative estimate of drug-likeness (QED) is 0.116. The van der Waals surface area contributed by atoms with Crippen LogP contribution in [0.5, 0.6) is 11.5 Å². The number of aryl methyl sites for hydroxylation is 1. The average Bonchev–Trinajstić information content (AvgIpc) is 2.95. The Kier molecular flexibility index (Phi) is 9.69. The van der Waals surface area contributed by atoms with Crippen LogP contribution in [0.4, 0.5) is 8.78 Å². The van der Waals surface area contributed by atoms with Crippen molar-refractivity contribution >= 4 is 5.97 Å². The Balaban J connectivity index is 1.30. The molecule has 0 N–H and O–H groups in total. The molecule has 5 heteroatoms. The first-order valence-electron chi connectivity index (χ1n) is 13.7. The van der Waals surface area contributed by atoms with Gasteiger partial charge >= 0.3 is 5.97 Å². The number of hydrogen-bond donors (Lipinski definition) is 0. The molecule has 0 radical (unpaired) electrons. The van der Waals surface area contributed by atoms with Crippen LogP contribution in [0.15, 0.2) is 73.0 Å². The zero-order valence-electron chi connectivity index (χ0n) is 22.2. The molecule has 0 spiro atoms. The van der Waals surface area contributed by atoms with Crippen LogP contribution in [0.3, 0.4) is 0 Å². The number of ether oxygens (including phenoxy) is 2. The molecule has 200 valence electrons. The fraction of sp³-hybridized carbons (Fsp3) is 0.364. The van der Waals surface area contributed by atoms with E-state index in [1.54, 1.807) is 19.1 Å². The van der Waals surface area contributed by atoms with E-state index in [-0.39, 0.29) is 23.6 Å². The van der Waals surface area contributed by atoms with Crippen molar-refractivity contribution in [3.05, 3.63) is 95.8 Å². The van der Waals surface area contributed by atoms with Crippen molar-refractivity contribution < 1.29 is 23.0 Å². The van der Waals surface area contributed by atoms with Crippen molar-refractivity contribution in [3.63, 3.8) is 0 Å². The van der Waals surface area contributed by atoms with Crippen LogP contribution in [0, 0.1) is 17.6 Å². The van der Waals surface area contributed by atoms with Crippen LogP contribution in [-0.4, -0.2) is 5.97 Å². The minimum Gasteiger partial charge on any atom is -0.462 e. The third-order valence-electron chi connectivity index (χ3n) is 7.34. The molecule has 0 atom stereocenters. The first-order chi connectivity index (χ1) is 18.5. The normalized spacial score (nSPS) is 17.5. The summed E-state index contributed by atoms with van der Waals surface area (Å²) in [5.74, 6) is -2.13. The van der Waals surface area contributed by atoms with E-state index in [0.717, 1.165) is 17.5 Å². The van der Waals surface area contributed by atoms with Gasteiger partial charge in [-0.2, -0.15) is 4.39 Å². The molecule has 1 fully saturated rings. The fourth-order valence-corrected chi connectivity index (χ4v) is 5.09. The van der Waals surface area contributed by atoms with Gasteiger partial charge in [-0.15, -0.1) is 0 Å². The molecule has 0 bridgehead atoms. The van der Waals surface area contributed by atoms with Gasteiger partial charge in [0.1, 0.15) is 5.75 Å². The number of benzene rings is 3. The van der Waals surface area contributed by atoms with E-state index in [9.17, 15) is 13.6 Å². The third-order valence-corrected chi connectivity index (χ3v) is 7.34. The Bertz CT molecular complexity index is 1220. The fourth-order valence-electron chi connectivity index (χ4n) is 5.09. The van der Waals surface area contributed by atoms with Crippen LogP contribution < -0.4 is 9.47 Å². The number of esters is 1. The summed E-state index contributed by atoms with van der Waals surface area (Å²) in [6, 6.07) is 19.3. The van der Waals surface area contributed by atoms with Gasteiger partial charge < -0.3 is 9.47 Å². The van der Waals surface area contributed by atoms with Gasteiger partial charge in [0.15, 0.2) is 11.6 Å². The van der Waals surface area contributed by atoms with Gasteiger partial charge in [-0.25, -0.2) is 4.39 Å². The van der Waals surface area contributed by atoms with Crippen LogP contribution >= 0.6 is 0 Å². The molecule has 3 aromatic rings. The van der Waals surface area contributed by atoms with E-state index in [4.69, 9.17) is 9.47 Å². The summed E-state index contributed by atoms with van der Waals surface area (Å²) >= 11 is 0. The summed E-state index contributed by atoms with van der Waals surface area (Å²) in [6.45, 7) is 3.94. The van der Waals surface area contributed by atoms with Crippen LogP contribution in [0.2, 0.25) is 0 Å². The number of rotatable bonds is 10. The average molecular weight is 519 g/mol. The number of carbonyl (C=O) groups is 1. The van der Waals surface area contributed by atoms with E-state index in [1.807, 2.05) is 24.3 Å². The summed E-state index contributed by atoms with van der Waals surface area (Å²) < 4.78 is 39.8. The number of hydrogen-bond acceptors (Lipinski definition) is 3. The van der Waals surface area contributed by atoms with E-state index in [2.05, 4.69) is 31.2 Å². The summed E-state index contributed by atoms with van der Waals surface area (Å²) in [4.78, 5) is 12.8. The van der Waals surface area contributed by atoms with Crippen LogP contribution in [0.25, 0.3) is 11.1 Å². The maximum Gasteiger partial charge on any atom is 0.314 e. The molecular formula is C33H36F2O3. The molecule has 0 unspecified atom stereocenters. The Hall–Kier alpha value is -3.47. The van der Waals surface area contributed by atoms with Crippen molar-refractivity contribution in [2.75, 3.05) is 0 Å². The van der Waals surface area contributed by atoms with E-state index in [1.165, 1.54) is 37.2 Å². The van der Waals surface area contributed by atoms with Gasteiger partial charge in [0.25, 0.3) is 0 Å². The van der Waals surface area contributed by atoms with E-state index in [0.29, 0.717) is 37.0 Å². The summed E-state index contributed by atoms with van der Waals surface area (Å²) in [6.07, 6.45) is 10.1. The van der Waals surface area contributed by atoms with Gasteiger partial charge in [0.05, 0.1) is 12.2 Å². The second-order valence-electron chi connectivity index (χ2n) is 10.0. The SMILES string of the molecule is CC=COc1ccc(C2CCC(C(=O)Oc3ccc(-c4ccc(CCCCC)cc4)cc3)CC2)c(F)c1F. The number of halogens is 2. The number of allylic oxidation sites excluding steroid dienone is 1. The predicted molar refractivity (Wildman–Crippen MR) is 147 cm³/mol. The highest BCUT2D eigenvalue weighted by molar-refractivity contribution is 5.75. The molecule has 4 rings (SSSR count). The first kappa shape index (κ1) is 27.6. The molecule has 0 saturated heterocycles. The van der Waals surface area contributed by atoms with Crippen molar-refractivity contribution in [3.8, 4) is 22.6 Å². The zero-order valence-corrected chi connectivity index (χ0v) is 22.2. The highest BCUT2D eigenvalue weighted by Gasteiger charge is 2.31. The lowest BCUT2D eigenvalue weighted by Gasteiger charge is -2.28. The summed E-state index contributed by atoms with van der Waals surface area (Å²) in [5, 5.41) is 0. The number of carbonyl (C=O) groups excluding carboxylic acids is 1. The van der Waals surface area contributed by atoms with Crippen molar-refractivity contribution in [2.24, 2.45) is 5.92 Å². The summed E-state index contributed by atoms with van der Waals surface area (Å²) in [5.41, 5.74) is 3.89. The third kappa shape index (κ3) is 6.89. The smallest absolute Gasteiger partial charge is 0.314 e. The molecule has 0 amide bonds. The summed E-state index contributed by atoms with van der Waals surface area (Å²) in [7, 11) is 0. The monoisotopic (exact) mass is 518 g/mol. The molecule has 3 nitrogen and oxygen atoms in total. The lowest BCUT2D eigenvalue weighted by molar-refractivity contribution is -0.140. The molecular weight excluding hydrogens is 482 g/mol. The Morgan fingerprint density at radius 1 is 0.868 bits per heavy atom. The van der Waals surface area contributed by atoms with Crippen molar-refractivity contribution in [2.45, 2.75) is 71.1 Å². The van der Waals surface area contributed by atoms with Gasteiger partial charge in [-0.3, -0.25) is 4.79 Å². The molecule has 0 heterocycles. The van der Waals surface area contributed by atoms with Crippen LogP contribution in [-0.2, 0) is 11.2 Å². The Morgan fingerprint density at radius 2 is 1.53 bits per heavy atom. The minimum atomic E-state index is -0.978.